The molecule has 1 unspecified atom stereocenters. The monoisotopic (exact) mass is 361 g/mol. The highest BCUT2D eigenvalue weighted by Crippen LogP contribution is 2.30. The van der Waals surface area contributed by atoms with Gasteiger partial charge in [0, 0.05) is 18.5 Å². The molecule has 1 aliphatic heterocycles. The molecule has 9 heteroatoms. The van der Waals surface area contributed by atoms with Crippen LogP contribution in [0.1, 0.15) is 29.5 Å². The third kappa shape index (κ3) is 2.68. The molecule has 0 saturated carbocycles. The standard InChI is InChI=1S/C16H19N5O3S/c1-10-8-14(24-19-10)16-17-5-6-20(16)15-11(2)18-21(12(15)3)13-4-7-25(22,23)9-13/h5-6,8,13H,4,7,9H2,1-3H3. The van der Waals surface area contributed by atoms with Crippen LogP contribution >= 0.6 is 0 Å². The molecule has 4 heterocycles. The summed E-state index contributed by atoms with van der Waals surface area (Å²) in [6.45, 7) is 5.72. The summed E-state index contributed by atoms with van der Waals surface area (Å²) < 4.78 is 32.7. The second kappa shape index (κ2) is 5.55. The second-order valence-electron chi connectivity index (χ2n) is 6.47. The Balaban J connectivity index is 1.79. The van der Waals surface area contributed by atoms with Crippen LogP contribution in [-0.2, 0) is 9.84 Å². The van der Waals surface area contributed by atoms with Gasteiger partial charge in [0.2, 0.25) is 5.76 Å². The molecule has 132 valence electrons. The SMILES string of the molecule is Cc1cc(-c2nccn2-c2c(C)nn(C3CCS(=O)(=O)C3)c2C)on1. The molecule has 0 bridgehead atoms. The smallest absolute Gasteiger partial charge is 0.202 e. The van der Waals surface area contributed by atoms with Crippen molar-refractivity contribution in [3.05, 3.63) is 35.5 Å². The first-order chi connectivity index (χ1) is 11.9. The molecule has 3 aromatic heterocycles. The molecule has 8 nitrogen and oxygen atoms in total. The van der Waals surface area contributed by atoms with E-state index in [4.69, 9.17) is 4.52 Å². The number of hydrogen-bond acceptors (Lipinski definition) is 6. The predicted molar refractivity (Wildman–Crippen MR) is 91.4 cm³/mol. The molecule has 0 aliphatic carbocycles. The van der Waals surface area contributed by atoms with Crippen LogP contribution in [0.3, 0.4) is 0 Å². The molecular weight excluding hydrogens is 342 g/mol. The van der Waals surface area contributed by atoms with E-state index in [1.165, 1.54) is 0 Å². The van der Waals surface area contributed by atoms with Crippen molar-refractivity contribution in [3.63, 3.8) is 0 Å². The average molecular weight is 361 g/mol. The normalized spacial score (nSPS) is 19.6. The number of aryl methyl sites for hydroxylation is 2. The lowest BCUT2D eigenvalue weighted by Gasteiger charge is -2.12. The van der Waals surface area contributed by atoms with E-state index in [1.807, 2.05) is 42.3 Å². The topological polar surface area (TPSA) is 95.8 Å². The van der Waals surface area contributed by atoms with Gasteiger partial charge in [-0.05, 0) is 27.2 Å². The van der Waals surface area contributed by atoms with Gasteiger partial charge in [0.25, 0.3) is 0 Å². The van der Waals surface area contributed by atoms with Gasteiger partial charge >= 0.3 is 0 Å². The van der Waals surface area contributed by atoms with Crippen molar-refractivity contribution in [2.75, 3.05) is 11.5 Å². The van der Waals surface area contributed by atoms with Crippen LogP contribution in [0.2, 0.25) is 0 Å². The summed E-state index contributed by atoms with van der Waals surface area (Å²) in [4.78, 5) is 4.38. The van der Waals surface area contributed by atoms with Crippen molar-refractivity contribution in [3.8, 4) is 17.3 Å². The minimum atomic E-state index is -2.97. The minimum Gasteiger partial charge on any atom is -0.353 e. The fourth-order valence-electron chi connectivity index (χ4n) is 3.46. The maximum absolute atomic E-state index is 11.8. The minimum absolute atomic E-state index is 0.114. The first-order valence-electron chi connectivity index (χ1n) is 8.09. The van der Waals surface area contributed by atoms with Gasteiger partial charge in [0.1, 0.15) is 0 Å². The number of hydrogen-bond donors (Lipinski definition) is 0. The van der Waals surface area contributed by atoms with Crippen LogP contribution in [0.5, 0.6) is 0 Å². The summed E-state index contributed by atoms with van der Waals surface area (Å²) in [6.07, 6.45) is 4.14. The third-order valence-corrected chi connectivity index (χ3v) is 6.32. The van der Waals surface area contributed by atoms with E-state index in [0.29, 0.717) is 18.0 Å². The van der Waals surface area contributed by atoms with E-state index >= 15 is 0 Å². The molecule has 1 saturated heterocycles. The van der Waals surface area contributed by atoms with E-state index in [0.717, 1.165) is 22.8 Å². The van der Waals surface area contributed by atoms with E-state index in [1.54, 1.807) is 6.20 Å². The number of nitrogens with zero attached hydrogens (tertiary/aromatic N) is 5. The summed E-state index contributed by atoms with van der Waals surface area (Å²) >= 11 is 0. The zero-order valence-electron chi connectivity index (χ0n) is 14.3. The quantitative estimate of drug-likeness (QED) is 0.708. The third-order valence-electron chi connectivity index (χ3n) is 4.57. The van der Waals surface area contributed by atoms with Crippen molar-refractivity contribution >= 4 is 9.84 Å². The van der Waals surface area contributed by atoms with Crippen LogP contribution in [0, 0.1) is 20.8 Å². The molecular formula is C16H19N5O3S. The highest BCUT2D eigenvalue weighted by Gasteiger charge is 2.32. The molecule has 1 aliphatic rings. The fraction of sp³-hybridized carbons (Fsp3) is 0.438. The van der Waals surface area contributed by atoms with Gasteiger partial charge in [0.05, 0.1) is 40.3 Å². The van der Waals surface area contributed by atoms with Crippen molar-refractivity contribution in [2.24, 2.45) is 0 Å². The van der Waals surface area contributed by atoms with E-state index in [-0.39, 0.29) is 17.5 Å². The first-order valence-corrected chi connectivity index (χ1v) is 9.91. The highest BCUT2D eigenvalue weighted by molar-refractivity contribution is 7.91. The molecule has 1 fully saturated rings. The lowest BCUT2D eigenvalue weighted by molar-refractivity contribution is 0.424. The molecule has 3 aromatic rings. The lowest BCUT2D eigenvalue weighted by Crippen LogP contribution is -2.14. The van der Waals surface area contributed by atoms with E-state index in [9.17, 15) is 8.42 Å². The molecule has 25 heavy (non-hydrogen) atoms. The van der Waals surface area contributed by atoms with Crippen LogP contribution in [-0.4, -0.2) is 44.4 Å². The maximum atomic E-state index is 11.8. The van der Waals surface area contributed by atoms with Crippen molar-refractivity contribution in [1.29, 1.82) is 0 Å². The van der Waals surface area contributed by atoms with E-state index in [2.05, 4.69) is 15.2 Å². The first kappa shape index (κ1) is 16.1. The zero-order chi connectivity index (χ0) is 17.8. The Kier molecular flexibility index (Phi) is 3.57. The van der Waals surface area contributed by atoms with Crippen molar-refractivity contribution < 1.29 is 12.9 Å². The summed E-state index contributed by atoms with van der Waals surface area (Å²) in [7, 11) is -2.97. The molecule has 1 atom stereocenters. The predicted octanol–water partition coefficient (Wildman–Crippen LogP) is 2.01. The van der Waals surface area contributed by atoms with Gasteiger partial charge in [-0.1, -0.05) is 5.16 Å². The summed E-state index contributed by atoms with van der Waals surface area (Å²) in [5.41, 5.74) is 3.41. The second-order valence-corrected chi connectivity index (χ2v) is 8.70. The molecule has 0 radical (unpaired) electrons. The fourth-order valence-corrected chi connectivity index (χ4v) is 5.15. The molecule has 0 spiro atoms. The Hall–Kier alpha value is -2.42. The van der Waals surface area contributed by atoms with Gasteiger partial charge in [0.15, 0.2) is 15.7 Å². The molecule has 4 rings (SSSR count). The zero-order valence-corrected chi connectivity index (χ0v) is 15.1. The summed E-state index contributed by atoms with van der Waals surface area (Å²) in [5, 5.41) is 8.53. The van der Waals surface area contributed by atoms with Gasteiger partial charge in [-0.3, -0.25) is 9.25 Å². The average Bonchev–Trinajstić information content (AvgIpc) is 3.28. The van der Waals surface area contributed by atoms with Crippen LogP contribution < -0.4 is 0 Å². The number of sulfone groups is 1. The Morgan fingerprint density at radius 1 is 1.28 bits per heavy atom. The van der Waals surface area contributed by atoms with Gasteiger partial charge < -0.3 is 4.52 Å². The van der Waals surface area contributed by atoms with Crippen LogP contribution in [0.25, 0.3) is 17.3 Å². The Labute approximate surface area is 145 Å². The Bertz CT molecular complexity index is 1040. The highest BCUT2D eigenvalue weighted by atomic mass is 32.2. The molecule has 0 amide bonds. The van der Waals surface area contributed by atoms with Crippen molar-refractivity contribution in [2.45, 2.75) is 33.2 Å². The van der Waals surface area contributed by atoms with Crippen LogP contribution in [0.4, 0.5) is 0 Å². The maximum Gasteiger partial charge on any atom is 0.202 e. The Morgan fingerprint density at radius 2 is 2.08 bits per heavy atom. The number of imidazole rings is 1. The summed E-state index contributed by atoms with van der Waals surface area (Å²) in [5.74, 6) is 1.59. The van der Waals surface area contributed by atoms with Gasteiger partial charge in [-0.15, -0.1) is 0 Å². The van der Waals surface area contributed by atoms with Crippen molar-refractivity contribution in [1.82, 2.24) is 24.5 Å². The van der Waals surface area contributed by atoms with E-state index < -0.39 is 9.84 Å². The Morgan fingerprint density at radius 3 is 2.72 bits per heavy atom. The van der Waals surface area contributed by atoms with Gasteiger partial charge in [-0.2, -0.15) is 5.10 Å². The number of rotatable bonds is 3. The molecule has 0 aromatic carbocycles. The summed E-state index contributed by atoms with van der Waals surface area (Å²) in [6, 6.07) is 1.72. The van der Waals surface area contributed by atoms with Gasteiger partial charge in [-0.25, -0.2) is 13.4 Å². The lowest BCUT2D eigenvalue weighted by atomic mass is 10.2. The van der Waals surface area contributed by atoms with Crippen LogP contribution in [0.15, 0.2) is 23.0 Å². The molecule has 0 N–H and O–H groups in total. The largest absolute Gasteiger partial charge is 0.353 e. The number of aromatic nitrogens is 5.